The maximum Gasteiger partial charge on any atom is 0.317 e. The molecular formula is C17H33N3O3Si. The Kier molecular flexibility index (Phi) is 7.47. The van der Waals surface area contributed by atoms with Crippen molar-refractivity contribution >= 4 is 14.1 Å². The van der Waals surface area contributed by atoms with Crippen LogP contribution in [0.3, 0.4) is 0 Å². The minimum absolute atomic E-state index is 0.251. The van der Waals surface area contributed by atoms with E-state index in [-0.39, 0.29) is 5.04 Å². The minimum atomic E-state index is -1.65. The molecule has 0 aliphatic carbocycles. The SMILES string of the molecule is C=C(OCC)c1nnc(OCCCCO[Si](C)(C)C(C)(C)C)n1C. The van der Waals surface area contributed by atoms with Gasteiger partial charge in [0.05, 0.1) is 13.2 Å². The lowest BCUT2D eigenvalue weighted by Gasteiger charge is -2.36. The standard InChI is InChI=1S/C17H33N3O3Si/c1-9-21-14(2)15-18-19-16(20(15)6)22-12-10-11-13-23-24(7,8)17(3,4)5/h2,9-13H2,1,3-8H3. The predicted octanol–water partition coefficient (Wildman–Crippen LogP) is 4.00. The molecule has 6 nitrogen and oxygen atoms in total. The van der Waals surface area contributed by atoms with Gasteiger partial charge in [-0.2, -0.15) is 0 Å². The summed E-state index contributed by atoms with van der Waals surface area (Å²) in [6, 6.07) is 0.483. The second kappa shape index (κ2) is 8.67. The van der Waals surface area contributed by atoms with Gasteiger partial charge in [-0.05, 0) is 37.9 Å². The van der Waals surface area contributed by atoms with Crippen LogP contribution in [0.25, 0.3) is 5.76 Å². The van der Waals surface area contributed by atoms with Gasteiger partial charge in [0.25, 0.3) is 0 Å². The smallest absolute Gasteiger partial charge is 0.317 e. The van der Waals surface area contributed by atoms with Gasteiger partial charge in [0, 0.05) is 13.7 Å². The van der Waals surface area contributed by atoms with Crippen LogP contribution in [0.4, 0.5) is 0 Å². The Morgan fingerprint density at radius 1 is 1.17 bits per heavy atom. The molecule has 0 bridgehead atoms. The van der Waals surface area contributed by atoms with Crippen molar-refractivity contribution in [2.75, 3.05) is 19.8 Å². The highest BCUT2D eigenvalue weighted by atomic mass is 28.4. The maximum atomic E-state index is 6.15. The summed E-state index contributed by atoms with van der Waals surface area (Å²) < 4.78 is 19.0. The molecule has 24 heavy (non-hydrogen) atoms. The summed E-state index contributed by atoms with van der Waals surface area (Å²) in [5.74, 6) is 1.10. The maximum absolute atomic E-state index is 6.15. The molecule has 0 amide bonds. The molecule has 7 heteroatoms. The van der Waals surface area contributed by atoms with Gasteiger partial charge in [-0.15, -0.1) is 5.10 Å². The third-order valence-electron chi connectivity index (χ3n) is 4.44. The summed E-state index contributed by atoms with van der Waals surface area (Å²) in [5.41, 5.74) is 0. The van der Waals surface area contributed by atoms with Gasteiger partial charge in [0.2, 0.25) is 5.82 Å². The molecule has 0 aliphatic rings. The Bertz CT molecular complexity index is 536. The minimum Gasteiger partial charge on any atom is -0.491 e. The average molecular weight is 356 g/mol. The number of ether oxygens (including phenoxy) is 2. The van der Waals surface area contributed by atoms with Gasteiger partial charge in [-0.25, -0.2) is 0 Å². The first-order valence-electron chi connectivity index (χ1n) is 8.58. The summed E-state index contributed by atoms with van der Waals surface area (Å²) in [6.45, 7) is 19.0. The average Bonchev–Trinajstić information content (AvgIpc) is 2.83. The van der Waals surface area contributed by atoms with E-state index in [1.54, 1.807) is 4.57 Å². The molecule has 1 heterocycles. The lowest BCUT2D eigenvalue weighted by Crippen LogP contribution is -2.41. The molecule has 0 saturated heterocycles. The number of rotatable bonds is 10. The van der Waals surface area contributed by atoms with Crippen LogP contribution in [-0.4, -0.2) is 42.9 Å². The molecule has 138 valence electrons. The third kappa shape index (κ3) is 5.63. The number of nitrogens with zero attached hydrogens (tertiary/aromatic N) is 3. The molecule has 0 radical (unpaired) electrons. The molecule has 0 aliphatic heterocycles. The first kappa shape index (κ1) is 20.7. The Balaban J connectivity index is 2.33. The van der Waals surface area contributed by atoms with Crippen molar-refractivity contribution < 1.29 is 13.9 Å². The van der Waals surface area contributed by atoms with Crippen molar-refractivity contribution in [3.8, 4) is 6.01 Å². The van der Waals surface area contributed by atoms with Crippen LogP contribution in [0.5, 0.6) is 6.01 Å². The van der Waals surface area contributed by atoms with Crippen molar-refractivity contribution in [2.24, 2.45) is 7.05 Å². The van der Waals surface area contributed by atoms with Crippen LogP contribution >= 0.6 is 0 Å². The zero-order valence-electron chi connectivity index (χ0n) is 16.3. The van der Waals surface area contributed by atoms with Crippen LogP contribution in [0.15, 0.2) is 6.58 Å². The second-order valence-corrected chi connectivity index (χ2v) is 12.2. The van der Waals surface area contributed by atoms with Crippen LogP contribution in [0.2, 0.25) is 18.1 Å². The molecule has 1 aromatic rings. The van der Waals surface area contributed by atoms with Gasteiger partial charge in [-0.3, -0.25) is 4.57 Å². The third-order valence-corrected chi connectivity index (χ3v) is 8.98. The van der Waals surface area contributed by atoms with Gasteiger partial charge in [-0.1, -0.05) is 32.4 Å². The monoisotopic (exact) mass is 355 g/mol. The van der Waals surface area contributed by atoms with E-state index in [9.17, 15) is 0 Å². The fourth-order valence-electron chi connectivity index (χ4n) is 1.83. The second-order valence-electron chi connectivity index (χ2n) is 7.39. The molecule has 0 saturated carbocycles. The van der Waals surface area contributed by atoms with Crippen LogP contribution in [0.1, 0.15) is 46.4 Å². The molecule has 0 fully saturated rings. The van der Waals surface area contributed by atoms with E-state index in [2.05, 4.69) is 50.6 Å². The van der Waals surface area contributed by atoms with E-state index in [0.717, 1.165) is 19.4 Å². The summed E-state index contributed by atoms with van der Waals surface area (Å²) >= 11 is 0. The van der Waals surface area contributed by atoms with E-state index in [4.69, 9.17) is 13.9 Å². The van der Waals surface area contributed by atoms with Crippen molar-refractivity contribution in [3.63, 3.8) is 0 Å². The lowest BCUT2D eigenvalue weighted by molar-refractivity contribution is 0.239. The van der Waals surface area contributed by atoms with Crippen molar-refractivity contribution in [2.45, 2.75) is 58.7 Å². The number of unbranched alkanes of at least 4 members (excludes halogenated alkanes) is 1. The van der Waals surface area contributed by atoms with Crippen molar-refractivity contribution in [3.05, 3.63) is 12.4 Å². The summed E-state index contributed by atoms with van der Waals surface area (Å²) in [4.78, 5) is 0. The predicted molar refractivity (Wildman–Crippen MR) is 99.5 cm³/mol. The van der Waals surface area contributed by atoms with Gasteiger partial charge >= 0.3 is 6.01 Å². The highest BCUT2D eigenvalue weighted by molar-refractivity contribution is 6.74. The van der Waals surface area contributed by atoms with Crippen molar-refractivity contribution in [1.82, 2.24) is 14.8 Å². The molecule has 0 unspecified atom stereocenters. The van der Waals surface area contributed by atoms with Crippen LogP contribution < -0.4 is 4.74 Å². The highest BCUT2D eigenvalue weighted by Crippen LogP contribution is 2.36. The number of hydrogen-bond acceptors (Lipinski definition) is 5. The summed E-state index contributed by atoms with van der Waals surface area (Å²) in [5, 5.41) is 8.34. The van der Waals surface area contributed by atoms with E-state index in [0.29, 0.717) is 30.8 Å². The molecule has 0 atom stereocenters. The Hall–Kier alpha value is -1.34. The summed E-state index contributed by atoms with van der Waals surface area (Å²) in [6.07, 6.45) is 1.89. The van der Waals surface area contributed by atoms with Gasteiger partial charge in [0.15, 0.2) is 14.1 Å². The molecule has 1 aromatic heterocycles. The topological polar surface area (TPSA) is 58.4 Å². The van der Waals surface area contributed by atoms with E-state index < -0.39 is 8.32 Å². The lowest BCUT2D eigenvalue weighted by atomic mass is 10.2. The number of hydrogen-bond donors (Lipinski definition) is 0. The largest absolute Gasteiger partial charge is 0.491 e. The first-order valence-corrected chi connectivity index (χ1v) is 11.5. The zero-order chi connectivity index (χ0) is 18.4. The van der Waals surface area contributed by atoms with E-state index in [1.165, 1.54) is 0 Å². The summed E-state index contributed by atoms with van der Waals surface area (Å²) in [7, 11) is 0.197. The van der Waals surface area contributed by atoms with Crippen molar-refractivity contribution in [1.29, 1.82) is 0 Å². The molecule has 0 spiro atoms. The van der Waals surface area contributed by atoms with E-state index in [1.807, 2.05) is 14.0 Å². The molecular weight excluding hydrogens is 322 g/mol. The normalized spacial score (nSPS) is 12.3. The fraction of sp³-hybridized carbons (Fsp3) is 0.765. The highest BCUT2D eigenvalue weighted by Gasteiger charge is 2.36. The van der Waals surface area contributed by atoms with Crippen LogP contribution in [-0.2, 0) is 16.2 Å². The van der Waals surface area contributed by atoms with Gasteiger partial charge < -0.3 is 13.9 Å². The molecule has 0 N–H and O–H groups in total. The zero-order valence-corrected chi connectivity index (χ0v) is 17.3. The van der Waals surface area contributed by atoms with Gasteiger partial charge in [0.1, 0.15) is 0 Å². The Labute approximate surface area is 147 Å². The number of aromatic nitrogens is 3. The van der Waals surface area contributed by atoms with Crippen LogP contribution in [0, 0.1) is 0 Å². The fourth-order valence-corrected chi connectivity index (χ4v) is 2.92. The molecule has 0 aromatic carbocycles. The quantitative estimate of drug-likeness (QED) is 0.361. The molecule has 1 rings (SSSR count). The Morgan fingerprint density at radius 3 is 2.38 bits per heavy atom. The first-order chi connectivity index (χ1) is 11.1. The Morgan fingerprint density at radius 2 is 1.79 bits per heavy atom. The van der Waals surface area contributed by atoms with E-state index >= 15 is 0 Å².